The third-order valence-electron chi connectivity index (χ3n) is 11.4. The van der Waals surface area contributed by atoms with E-state index in [1.54, 1.807) is 0 Å². The van der Waals surface area contributed by atoms with Gasteiger partial charge in [-0.2, -0.15) is 0 Å². The van der Waals surface area contributed by atoms with Crippen LogP contribution in [0, 0.1) is 17.8 Å². The van der Waals surface area contributed by atoms with Gasteiger partial charge in [0, 0.05) is 0 Å². The number of ether oxygens (including phenoxy) is 3. The molecule has 63 heavy (non-hydrogen) atoms. The summed E-state index contributed by atoms with van der Waals surface area (Å²) in [6.45, 7) is 19.8. The van der Waals surface area contributed by atoms with Gasteiger partial charge in [-0.15, -0.1) is 25.4 Å². The average molecular weight is 895 g/mol. The van der Waals surface area contributed by atoms with Crippen molar-refractivity contribution < 1.29 is 43.1 Å². The highest BCUT2D eigenvalue weighted by Crippen LogP contribution is 2.38. The topological polar surface area (TPSA) is 155 Å². The van der Waals surface area contributed by atoms with Crippen molar-refractivity contribution in [2.75, 3.05) is 54.8 Å². The molecule has 1 heterocycles. The van der Waals surface area contributed by atoms with Crippen molar-refractivity contribution in [2.24, 2.45) is 17.8 Å². The quantitative estimate of drug-likeness (QED) is 0.0351. The molecule has 0 saturated heterocycles. The first-order valence-electron chi connectivity index (χ1n) is 25.2. The van der Waals surface area contributed by atoms with Gasteiger partial charge in [0.1, 0.15) is 0 Å². The number of carbonyl (C=O) groups excluding carboxylic acids is 3. The van der Waals surface area contributed by atoms with E-state index in [2.05, 4.69) is 77.7 Å². The summed E-state index contributed by atoms with van der Waals surface area (Å²) in [6, 6.07) is 0. The Bertz CT molecular complexity index is 1240. The number of rotatable bonds is 39. The van der Waals surface area contributed by atoms with E-state index >= 15 is 0 Å². The smallest absolute Gasteiger partial charge is 0.440 e. The number of hydroxylamine groups is 3. The van der Waals surface area contributed by atoms with Crippen molar-refractivity contribution in [3.05, 3.63) is 0 Å². The fraction of sp³-hybridized carbons (Fsp3) is 0.875. The third kappa shape index (κ3) is 24.0. The summed E-state index contributed by atoms with van der Waals surface area (Å²) in [6.07, 6.45) is 19.1. The van der Waals surface area contributed by atoms with Gasteiger partial charge in [0.2, 0.25) is 11.6 Å². The SMILES string of the molecule is CCCCCCOC(=O)N(OCC(CC)CCCC)c1nnnc(N(OCC(CC)CCCC)C(=O)OCCCCCC)c1N(OCC(CC)CCCC)C(=O)OCCCCCC. The number of hydrogen-bond acceptors (Lipinski definition) is 12. The van der Waals surface area contributed by atoms with Crippen molar-refractivity contribution in [1.29, 1.82) is 0 Å². The number of carbonyl (C=O) groups is 3. The van der Waals surface area contributed by atoms with Gasteiger partial charge in [-0.25, -0.2) is 14.4 Å². The number of aromatic nitrogens is 3. The fourth-order valence-electron chi connectivity index (χ4n) is 6.84. The van der Waals surface area contributed by atoms with E-state index in [0.29, 0.717) is 19.3 Å². The van der Waals surface area contributed by atoms with E-state index < -0.39 is 18.3 Å². The van der Waals surface area contributed by atoms with Gasteiger partial charge >= 0.3 is 18.3 Å². The normalized spacial score (nSPS) is 12.7. The Kier molecular flexibility index (Phi) is 34.8. The first-order chi connectivity index (χ1) is 30.7. The summed E-state index contributed by atoms with van der Waals surface area (Å²) < 4.78 is 17.6. The van der Waals surface area contributed by atoms with Crippen LogP contribution in [0.25, 0.3) is 0 Å². The van der Waals surface area contributed by atoms with Gasteiger partial charge in [-0.3, -0.25) is 14.5 Å². The molecule has 0 radical (unpaired) electrons. The lowest BCUT2D eigenvalue weighted by Gasteiger charge is -2.31. The highest BCUT2D eigenvalue weighted by Gasteiger charge is 2.39. The molecule has 0 spiro atoms. The second-order valence-electron chi connectivity index (χ2n) is 16.8. The number of hydrogen-bond donors (Lipinski definition) is 0. The molecule has 0 aliphatic rings. The largest absolute Gasteiger partial charge is 0.448 e. The van der Waals surface area contributed by atoms with Gasteiger partial charge in [0.05, 0.1) is 39.6 Å². The lowest BCUT2D eigenvalue weighted by Crippen LogP contribution is -2.42. The third-order valence-corrected chi connectivity index (χ3v) is 11.4. The summed E-state index contributed by atoms with van der Waals surface area (Å²) >= 11 is 0. The van der Waals surface area contributed by atoms with Crippen LogP contribution in [0.3, 0.4) is 0 Å². The van der Waals surface area contributed by atoms with Gasteiger partial charge < -0.3 is 14.2 Å². The van der Waals surface area contributed by atoms with E-state index in [4.69, 9.17) is 28.7 Å². The number of anilines is 3. The predicted molar refractivity (Wildman–Crippen MR) is 252 cm³/mol. The molecule has 3 unspecified atom stereocenters. The zero-order valence-corrected chi connectivity index (χ0v) is 41.3. The Morgan fingerprint density at radius 1 is 0.413 bits per heavy atom. The van der Waals surface area contributed by atoms with Crippen molar-refractivity contribution >= 4 is 35.6 Å². The van der Waals surface area contributed by atoms with Crippen LogP contribution in [0.15, 0.2) is 0 Å². The molecule has 0 aromatic carbocycles. The van der Waals surface area contributed by atoms with Crippen molar-refractivity contribution in [1.82, 2.24) is 15.4 Å². The van der Waals surface area contributed by atoms with Gasteiger partial charge in [0.25, 0.3) is 0 Å². The summed E-state index contributed by atoms with van der Waals surface area (Å²) in [4.78, 5) is 62.4. The minimum atomic E-state index is -0.876. The van der Waals surface area contributed by atoms with Crippen molar-refractivity contribution in [3.63, 3.8) is 0 Å². The van der Waals surface area contributed by atoms with Crippen LogP contribution in [-0.4, -0.2) is 73.3 Å². The maximum Gasteiger partial charge on any atom is 0.440 e. The molecule has 0 fully saturated rings. The Morgan fingerprint density at radius 3 is 1.02 bits per heavy atom. The van der Waals surface area contributed by atoms with Crippen LogP contribution in [0.1, 0.15) is 216 Å². The fourth-order valence-corrected chi connectivity index (χ4v) is 6.84. The Labute approximate surface area is 382 Å². The highest BCUT2D eigenvalue weighted by atomic mass is 16.7. The number of nitrogens with zero attached hydrogens (tertiary/aromatic N) is 6. The molecule has 0 aliphatic heterocycles. The van der Waals surface area contributed by atoms with Gasteiger partial charge in [-0.1, -0.05) is 178 Å². The van der Waals surface area contributed by atoms with Gasteiger partial charge in [-0.05, 0) is 61.5 Å². The van der Waals surface area contributed by atoms with Crippen LogP contribution in [0.4, 0.5) is 31.7 Å². The molecule has 1 rings (SSSR count). The van der Waals surface area contributed by atoms with Gasteiger partial charge in [0.15, 0.2) is 5.69 Å². The number of amides is 3. The second-order valence-corrected chi connectivity index (χ2v) is 16.8. The molecular weight excluding hydrogens is 805 g/mol. The molecule has 15 heteroatoms. The molecule has 3 atom stereocenters. The average Bonchev–Trinajstić information content (AvgIpc) is 3.29. The van der Waals surface area contributed by atoms with E-state index in [1.807, 2.05) is 0 Å². The highest BCUT2D eigenvalue weighted by molar-refractivity contribution is 6.01. The molecule has 3 amide bonds. The molecule has 366 valence electrons. The zero-order valence-electron chi connectivity index (χ0n) is 41.3. The minimum Gasteiger partial charge on any atom is -0.448 e. The predicted octanol–water partition coefficient (Wildman–Crippen LogP) is 13.9. The van der Waals surface area contributed by atoms with E-state index in [9.17, 15) is 14.4 Å². The van der Waals surface area contributed by atoms with Crippen molar-refractivity contribution in [3.8, 4) is 0 Å². The first-order valence-corrected chi connectivity index (χ1v) is 25.2. The van der Waals surface area contributed by atoms with E-state index in [0.717, 1.165) is 150 Å². The summed E-state index contributed by atoms with van der Waals surface area (Å²) in [7, 11) is 0. The lowest BCUT2D eigenvalue weighted by molar-refractivity contribution is 0.0429. The van der Waals surface area contributed by atoms with E-state index in [-0.39, 0.29) is 74.7 Å². The summed E-state index contributed by atoms with van der Waals surface area (Å²) in [5.74, 6) is -0.258. The molecule has 0 N–H and O–H groups in total. The zero-order chi connectivity index (χ0) is 46.5. The molecule has 0 saturated carbocycles. The van der Waals surface area contributed by atoms with Crippen molar-refractivity contribution in [2.45, 2.75) is 216 Å². The van der Waals surface area contributed by atoms with Crippen LogP contribution in [-0.2, 0) is 28.7 Å². The molecule has 0 aliphatic carbocycles. The van der Waals surface area contributed by atoms with Crippen LogP contribution in [0.2, 0.25) is 0 Å². The number of unbranched alkanes of at least 4 members (excludes halogenated alkanes) is 12. The Morgan fingerprint density at radius 2 is 0.714 bits per heavy atom. The maximum absolute atomic E-state index is 14.5. The summed E-state index contributed by atoms with van der Waals surface area (Å²) in [5, 5.41) is 15.6. The maximum atomic E-state index is 14.5. The molecule has 1 aromatic heterocycles. The second kappa shape index (κ2) is 38.0. The Hall–Kier alpha value is -3.30. The minimum absolute atomic E-state index is 0.0769. The lowest BCUT2D eigenvalue weighted by atomic mass is 10.0. The van der Waals surface area contributed by atoms with Crippen LogP contribution >= 0.6 is 0 Å². The molecule has 15 nitrogen and oxygen atoms in total. The Balaban J connectivity index is 4.20. The standard InChI is InChI=1S/C48H90N6O9/c1-10-19-25-28-34-58-46(55)52(61-37-40(16-7)31-22-13-4)43-44(53(47(56)59-35-29-26-20-11-2)62-38-41(17-8)32-23-14-5)49-51-50-45(43)54(48(57)60-36-30-27-21-12-3)63-39-42(18-9)33-24-15-6/h40-42H,10-39H2,1-9H3. The summed E-state index contributed by atoms with van der Waals surface area (Å²) in [5.41, 5.74) is -0.219. The van der Waals surface area contributed by atoms with Crippen LogP contribution < -0.4 is 15.2 Å². The first kappa shape index (κ1) is 57.7. The van der Waals surface area contributed by atoms with E-state index in [1.165, 1.54) is 0 Å². The molecule has 1 aromatic rings. The van der Waals surface area contributed by atoms with Crippen LogP contribution in [0.5, 0.6) is 0 Å². The molecule has 0 bridgehead atoms. The molecular formula is C48H90N6O9. The monoisotopic (exact) mass is 895 g/mol.